The zero-order valence-electron chi connectivity index (χ0n) is 7.15. The Morgan fingerprint density at radius 1 is 1.15 bits per heavy atom. The minimum absolute atomic E-state index is 0.0616. The molecule has 0 radical (unpaired) electrons. The predicted octanol–water partition coefficient (Wildman–Crippen LogP) is 1.81. The second-order valence-corrected chi connectivity index (χ2v) is 5.47. The molecule has 70 valence electrons. The SMILES string of the molecule is O=CC12CC3CC4(F)CC(F)(C1)C342. The summed E-state index contributed by atoms with van der Waals surface area (Å²) in [6.07, 6.45) is 2.44. The van der Waals surface area contributed by atoms with Crippen molar-refractivity contribution >= 4 is 6.29 Å². The van der Waals surface area contributed by atoms with Gasteiger partial charge in [0.1, 0.15) is 17.6 Å². The Hall–Kier alpha value is -0.470. The van der Waals surface area contributed by atoms with E-state index in [-0.39, 0.29) is 12.3 Å². The van der Waals surface area contributed by atoms with E-state index < -0.39 is 22.2 Å². The van der Waals surface area contributed by atoms with Crippen LogP contribution in [-0.2, 0) is 4.79 Å². The average molecular weight is 184 g/mol. The molecule has 0 aromatic heterocycles. The Kier molecular flexibility index (Phi) is 0.683. The van der Waals surface area contributed by atoms with Gasteiger partial charge in [-0.25, -0.2) is 8.78 Å². The van der Waals surface area contributed by atoms with E-state index in [1.165, 1.54) is 0 Å². The van der Waals surface area contributed by atoms with Crippen molar-refractivity contribution in [3.63, 3.8) is 0 Å². The molecule has 4 rings (SSSR count). The van der Waals surface area contributed by atoms with E-state index in [0.717, 1.165) is 12.7 Å². The molecule has 0 amide bonds. The van der Waals surface area contributed by atoms with Gasteiger partial charge in [0.15, 0.2) is 0 Å². The van der Waals surface area contributed by atoms with E-state index in [2.05, 4.69) is 0 Å². The molecule has 0 N–H and O–H groups in total. The van der Waals surface area contributed by atoms with E-state index in [1.54, 1.807) is 0 Å². The molecule has 0 aliphatic heterocycles. The Morgan fingerprint density at radius 2 is 1.92 bits per heavy atom. The third-order valence-electron chi connectivity index (χ3n) is 5.37. The van der Waals surface area contributed by atoms with Gasteiger partial charge in [-0.2, -0.15) is 0 Å². The van der Waals surface area contributed by atoms with Crippen molar-refractivity contribution in [2.24, 2.45) is 16.7 Å². The van der Waals surface area contributed by atoms with E-state index in [4.69, 9.17) is 0 Å². The Balaban J connectivity index is 1.90. The molecule has 5 unspecified atom stereocenters. The van der Waals surface area contributed by atoms with Crippen molar-refractivity contribution in [1.29, 1.82) is 0 Å². The van der Waals surface area contributed by atoms with Crippen LogP contribution in [0.4, 0.5) is 8.78 Å². The lowest BCUT2D eigenvalue weighted by Gasteiger charge is -2.92. The Morgan fingerprint density at radius 3 is 2.31 bits per heavy atom. The number of aldehydes is 1. The first-order valence-electron chi connectivity index (χ1n) is 4.88. The van der Waals surface area contributed by atoms with Crippen LogP contribution in [0.25, 0.3) is 0 Å². The van der Waals surface area contributed by atoms with Gasteiger partial charge in [0.25, 0.3) is 0 Å². The normalized spacial score (nSPS) is 76.0. The maximum absolute atomic E-state index is 13.9. The third kappa shape index (κ3) is 0.316. The lowest BCUT2D eigenvalue weighted by atomic mass is 9.11. The highest BCUT2D eigenvalue weighted by Crippen LogP contribution is 2.96. The van der Waals surface area contributed by atoms with Crippen LogP contribution in [0.2, 0.25) is 0 Å². The lowest BCUT2D eigenvalue weighted by Crippen LogP contribution is -2.98. The number of carbonyl (C=O) groups excluding carboxylic acids is 1. The fourth-order valence-electron chi connectivity index (χ4n) is 5.38. The second kappa shape index (κ2) is 1.29. The first-order valence-corrected chi connectivity index (χ1v) is 4.88. The van der Waals surface area contributed by atoms with Crippen LogP contribution < -0.4 is 0 Å². The topological polar surface area (TPSA) is 17.1 Å². The third-order valence-corrected chi connectivity index (χ3v) is 5.37. The van der Waals surface area contributed by atoms with E-state index >= 15 is 0 Å². The second-order valence-electron chi connectivity index (χ2n) is 5.47. The van der Waals surface area contributed by atoms with Crippen molar-refractivity contribution in [1.82, 2.24) is 0 Å². The lowest BCUT2D eigenvalue weighted by molar-refractivity contribution is -0.492. The maximum Gasteiger partial charge on any atom is 0.127 e. The zero-order valence-corrected chi connectivity index (χ0v) is 7.15. The van der Waals surface area contributed by atoms with Gasteiger partial charge in [0.05, 0.1) is 5.41 Å². The standard InChI is InChI=1S/C10H10F2O/c11-8-2-6-1-7(5-13)3-9(12,4-8)10(6,7)8/h5-6H,1-4H2. The largest absolute Gasteiger partial charge is 0.303 e. The molecule has 1 nitrogen and oxygen atoms in total. The molecule has 4 aliphatic rings. The smallest absolute Gasteiger partial charge is 0.127 e. The highest BCUT2D eigenvalue weighted by Gasteiger charge is 3.01. The predicted molar refractivity (Wildman–Crippen MR) is 40.6 cm³/mol. The van der Waals surface area contributed by atoms with E-state index in [0.29, 0.717) is 12.8 Å². The molecular formula is C10H10F2O. The minimum atomic E-state index is -1.30. The number of alkyl halides is 2. The molecule has 4 fully saturated rings. The number of hydrogen-bond acceptors (Lipinski definition) is 1. The van der Waals surface area contributed by atoms with Crippen LogP contribution in [-0.4, -0.2) is 17.6 Å². The summed E-state index contributed by atoms with van der Waals surface area (Å²) >= 11 is 0. The molecule has 0 saturated heterocycles. The van der Waals surface area contributed by atoms with Gasteiger partial charge in [-0.1, -0.05) is 0 Å². The van der Waals surface area contributed by atoms with E-state index in [1.807, 2.05) is 0 Å². The highest BCUT2D eigenvalue weighted by molar-refractivity contribution is 5.73. The number of halogens is 2. The van der Waals surface area contributed by atoms with E-state index in [9.17, 15) is 13.6 Å². The molecule has 0 aromatic rings. The summed E-state index contributed by atoms with van der Waals surface area (Å²) < 4.78 is 27.9. The number of rotatable bonds is 1. The molecule has 0 heterocycles. The van der Waals surface area contributed by atoms with Crippen molar-refractivity contribution in [3.8, 4) is 0 Å². The van der Waals surface area contributed by atoms with Gasteiger partial charge in [0, 0.05) is 11.8 Å². The molecule has 4 saturated carbocycles. The quantitative estimate of drug-likeness (QED) is 0.568. The monoisotopic (exact) mass is 184 g/mol. The molecule has 5 atom stereocenters. The van der Waals surface area contributed by atoms with Crippen LogP contribution in [0.5, 0.6) is 0 Å². The summed E-state index contributed by atoms with van der Waals surface area (Å²) in [5.41, 5.74) is -4.01. The minimum Gasteiger partial charge on any atom is -0.303 e. The van der Waals surface area contributed by atoms with Crippen LogP contribution in [0, 0.1) is 16.7 Å². The maximum atomic E-state index is 13.9. The van der Waals surface area contributed by atoms with Crippen molar-refractivity contribution in [3.05, 3.63) is 0 Å². The summed E-state index contributed by atoms with van der Waals surface area (Å²) in [7, 11) is 0. The number of carbonyl (C=O) groups is 1. The molecular weight excluding hydrogens is 174 g/mol. The number of hydrogen-bond donors (Lipinski definition) is 0. The summed E-state index contributed by atoms with van der Waals surface area (Å²) in [6.45, 7) is 0. The molecule has 0 aromatic carbocycles. The van der Waals surface area contributed by atoms with Gasteiger partial charge < -0.3 is 4.79 Å². The van der Waals surface area contributed by atoms with Gasteiger partial charge in [-0.3, -0.25) is 0 Å². The Labute approximate surface area is 74.5 Å². The molecule has 3 heteroatoms. The van der Waals surface area contributed by atoms with Gasteiger partial charge in [-0.05, 0) is 25.2 Å². The van der Waals surface area contributed by atoms with Crippen molar-refractivity contribution < 1.29 is 13.6 Å². The highest BCUT2D eigenvalue weighted by atomic mass is 19.2. The van der Waals surface area contributed by atoms with Crippen LogP contribution >= 0.6 is 0 Å². The van der Waals surface area contributed by atoms with Gasteiger partial charge in [0.2, 0.25) is 0 Å². The van der Waals surface area contributed by atoms with Crippen molar-refractivity contribution in [2.45, 2.75) is 37.0 Å². The Bertz CT molecular complexity index is 347. The summed E-state index contributed by atoms with van der Waals surface area (Å²) in [4.78, 5) is 10.9. The molecule has 1 spiro atoms. The fourth-order valence-corrected chi connectivity index (χ4v) is 5.38. The zero-order chi connectivity index (χ0) is 9.11. The molecule has 4 aliphatic carbocycles. The van der Waals surface area contributed by atoms with Gasteiger partial charge in [-0.15, -0.1) is 0 Å². The first-order chi connectivity index (χ1) is 6.04. The molecule has 13 heavy (non-hydrogen) atoms. The summed E-state index contributed by atoms with van der Waals surface area (Å²) in [5, 5.41) is 0. The average Bonchev–Trinajstić information content (AvgIpc) is 1.95. The molecule has 0 bridgehead atoms. The van der Waals surface area contributed by atoms with Crippen LogP contribution in [0.3, 0.4) is 0 Å². The van der Waals surface area contributed by atoms with Crippen LogP contribution in [0.15, 0.2) is 0 Å². The van der Waals surface area contributed by atoms with Gasteiger partial charge >= 0.3 is 0 Å². The summed E-state index contributed by atoms with van der Waals surface area (Å²) in [5.74, 6) is 0.176. The van der Waals surface area contributed by atoms with Crippen molar-refractivity contribution in [2.75, 3.05) is 0 Å². The van der Waals surface area contributed by atoms with Crippen LogP contribution in [0.1, 0.15) is 25.7 Å². The fraction of sp³-hybridized carbons (Fsp3) is 0.900. The summed E-state index contributed by atoms with van der Waals surface area (Å²) in [6, 6.07) is 0. The first kappa shape index (κ1) is 6.91.